The fourth-order valence-corrected chi connectivity index (χ4v) is 2.71. The third kappa shape index (κ3) is 2.49. The van der Waals surface area contributed by atoms with Crippen molar-refractivity contribution in [1.82, 2.24) is 4.98 Å². The van der Waals surface area contributed by atoms with Crippen LogP contribution >= 0.6 is 11.3 Å². The first kappa shape index (κ1) is 10.9. The molecular weight excluding hydrogens is 206 g/mol. The van der Waals surface area contributed by atoms with E-state index in [0.717, 1.165) is 23.4 Å². The second-order valence-corrected chi connectivity index (χ2v) is 5.10. The molecule has 4 heteroatoms. The Labute approximate surface area is 95.3 Å². The monoisotopic (exact) mass is 225 g/mol. The molecular formula is C11H19N3S. The molecule has 2 N–H and O–H groups in total. The van der Waals surface area contributed by atoms with Crippen LogP contribution in [-0.2, 0) is 0 Å². The van der Waals surface area contributed by atoms with Gasteiger partial charge in [0, 0.05) is 24.0 Å². The molecule has 1 aromatic heterocycles. The van der Waals surface area contributed by atoms with Crippen LogP contribution in [0.1, 0.15) is 44.8 Å². The van der Waals surface area contributed by atoms with Crippen molar-refractivity contribution in [2.45, 2.75) is 45.2 Å². The van der Waals surface area contributed by atoms with Crippen LogP contribution < -0.4 is 10.6 Å². The van der Waals surface area contributed by atoms with E-state index < -0.39 is 0 Å². The van der Waals surface area contributed by atoms with Gasteiger partial charge in [0.25, 0.3) is 0 Å². The molecule has 1 aliphatic carbocycles. The van der Waals surface area contributed by atoms with Crippen LogP contribution in [0.15, 0.2) is 5.38 Å². The Hall–Kier alpha value is -0.610. The number of anilines is 1. The molecule has 0 bridgehead atoms. The van der Waals surface area contributed by atoms with Gasteiger partial charge >= 0.3 is 0 Å². The van der Waals surface area contributed by atoms with Crippen molar-refractivity contribution in [1.29, 1.82) is 0 Å². The molecule has 1 unspecified atom stereocenters. The summed E-state index contributed by atoms with van der Waals surface area (Å²) in [5.41, 5.74) is 6.84. The summed E-state index contributed by atoms with van der Waals surface area (Å²) in [4.78, 5) is 7.05. The van der Waals surface area contributed by atoms with Crippen LogP contribution in [0.3, 0.4) is 0 Å². The van der Waals surface area contributed by atoms with Gasteiger partial charge in [0.1, 0.15) is 0 Å². The number of nitrogens with two attached hydrogens (primary N) is 1. The highest BCUT2D eigenvalue weighted by Crippen LogP contribution is 2.34. The average molecular weight is 225 g/mol. The van der Waals surface area contributed by atoms with E-state index in [0.29, 0.717) is 0 Å². The molecule has 2 rings (SSSR count). The first-order valence-electron chi connectivity index (χ1n) is 5.70. The summed E-state index contributed by atoms with van der Waals surface area (Å²) in [7, 11) is 0. The molecule has 0 aromatic carbocycles. The van der Waals surface area contributed by atoms with E-state index in [-0.39, 0.29) is 6.04 Å². The van der Waals surface area contributed by atoms with Crippen LogP contribution in [0.5, 0.6) is 0 Å². The lowest BCUT2D eigenvalue weighted by molar-refractivity contribution is 0.744. The van der Waals surface area contributed by atoms with Gasteiger partial charge in [-0.15, -0.1) is 11.3 Å². The van der Waals surface area contributed by atoms with Crippen LogP contribution in [0.4, 0.5) is 5.13 Å². The Kier molecular flexibility index (Phi) is 3.26. The summed E-state index contributed by atoms with van der Waals surface area (Å²) in [6.07, 6.45) is 3.84. The molecule has 3 nitrogen and oxygen atoms in total. The van der Waals surface area contributed by atoms with E-state index in [1.807, 2.05) is 6.92 Å². The van der Waals surface area contributed by atoms with Crippen LogP contribution in [0, 0.1) is 0 Å². The average Bonchev–Trinajstić information content (AvgIpc) is 2.91. The van der Waals surface area contributed by atoms with E-state index in [2.05, 4.69) is 22.2 Å². The van der Waals surface area contributed by atoms with Gasteiger partial charge in [0.2, 0.25) is 0 Å². The lowest BCUT2D eigenvalue weighted by Crippen LogP contribution is -2.26. The summed E-state index contributed by atoms with van der Waals surface area (Å²) in [6, 6.07) is 0.801. The topological polar surface area (TPSA) is 42.2 Å². The minimum atomic E-state index is 0.0534. The number of nitrogens with zero attached hydrogens (tertiary/aromatic N) is 2. The third-order valence-electron chi connectivity index (χ3n) is 2.67. The van der Waals surface area contributed by atoms with Gasteiger partial charge in [-0.1, -0.05) is 6.92 Å². The van der Waals surface area contributed by atoms with E-state index in [9.17, 15) is 0 Å². The van der Waals surface area contributed by atoms with E-state index >= 15 is 0 Å². The molecule has 0 spiro atoms. The largest absolute Gasteiger partial charge is 0.345 e. The normalized spacial score (nSPS) is 17.8. The Morgan fingerprint density at radius 2 is 2.40 bits per heavy atom. The Morgan fingerprint density at radius 3 is 2.87 bits per heavy atom. The fraction of sp³-hybridized carbons (Fsp3) is 0.727. The molecule has 15 heavy (non-hydrogen) atoms. The van der Waals surface area contributed by atoms with Crippen LogP contribution in [0.2, 0.25) is 0 Å². The summed E-state index contributed by atoms with van der Waals surface area (Å²) in [6.45, 7) is 5.33. The number of hydrogen-bond donors (Lipinski definition) is 1. The maximum absolute atomic E-state index is 5.82. The van der Waals surface area contributed by atoms with Crippen molar-refractivity contribution in [3.05, 3.63) is 11.1 Å². The summed E-state index contributed by atoms with van der Waals surface area (Å²) in [5, 5.41) is 3.25. The van der Waals surface area contributed by atoms with Gasteiger partial charge in [-0.2, -0.15) is 0 Å². The molecule has 1 saturated carbocycles. The Balaban J connectivity index is 2.10. The molecule has 0 aliphatic heterocycles. The van der Waals surface area contributed by atoms with Gasteiger partial charge in [0.15, 0.2) is 5.13 Å². The molecule has 84 valence electrons. The van der Waals surface area contributed by atoms with Crippen molar-refractivity contribution in [2.75, 3.05) is 11.4 Å². The van der Waals surface area contributed by atoms with E-state index in [1.54, 1.807) is 11.3 Å². The molecule has 0 saturated heterocycles. The Bertz CT molecular complexity index is 317. The number of hydrogen-bond acceptors (Lipinski definition) is 4. The number of aromatic nitrogens is 1. The summed E-state index contributed by atoms with van der Waals surface area (Å²) in [5.74, 6) is 0. The molecule has 0 amide bonds. The standard InChI is InChI=1S/C11H19N3S/c1-3-6-14(9-4-5-9)11-13-10(7-15-11)8(2)12/h7-9H,3-6,12H2,1-2H3. The van der Waals surface area contributed by atoms with Crippen LogP contribution in [0.25, 0.3) is 0 Å². The second kappa shape index (κ2) is 4.49. The minimum absolute atomic E-state index is 0.0534. The fourth-order valence-electron chi connectivity index (χ4n) is 1.68. The highest BCUT2D eigenvalue weighted by molar-refractivity contribution is 7.13. The van der Waals surface area contributed by atoms with E-state index in [1.165, 1.54) is 19.3 Å². The predicted octanol–water partition coefficient (Wildman–Crippen LogP) is 2.54. The van der Waals surface area contributed by atoms with Crippen molar-refractivity contribution < 1.29 is 0 Å². The number of thiazole rings is 1. The van der Waals surface area contributed by atoms with Gasteiger partial charge in [-0.05, 0) is 26.2 Å². The zero-order chi connectivity index (χ0) is 10.8. The lowest BCUT2D eigenvalue weighted by Gasteiger charge is -2.20. The highest BCUT2D eigenvalue weighted by Gasteiger charge is 2.30. The molecule has 1 aliphatic rings. The maximum atomic E-state index is 5.82. The van der Waals surface area contributed by atoms with Gasteiger partial charge in [0.05, 0.1) is 5.69 Å². The highest BCUT2D eigenvalue weighted by atomic mass is 32.1. The smallest absolute Gasteiger partial charge is 0.185 e. The summed E-state index contributed by atoms with van der Waals surface area (Å²) >= 11 is 1.73. The molecule has 1 fully saturated rings. The third-order valence-corrected chi connectivity index (χ3v) is 3.57. The van der Waals surface area contributed by atoms with Crippen molar-refractivity contribution in [3.8, 4) is 0 Å². The van der Waals surface area contributed by atoms with Crippen LogP contribution in [-0.4, -0.2) is 17.6 Å². The molecule has 1 atom stereocenters. The van der Waals surface area contributed by atoms with Crippen molar-refractivity contribution in [3.63, 3.8) is 0 Å². The first-order valence-corrected chi connectivity index (χ1v) is 6.58. The van der Waals surface area contributed by atoms with E-state index in [4.69, 9.17) is 5.73 Å². The van der Waals surface area contributed by atoms with Crippen molar-refractivity contribution >= 4 is 16.5 Å². The second-order valence-electron chi connectivity index (χ2n) is 4.27. The first-order chi connectivity index (χ1) is 7.22. The van der Waals surface area contributed by atoms with Crippen molar-refractivity contribution in [2.24, 2.45) is 5.73 Å². The lowest BCUT2D eigenvalue weighted by atomic mass is 10.3. The van der Waals surface area contributed by atoms with Gasteiger partial charge in [-0.3, -0.25) is 0 Å². The molecule has 1 heterocycles. The molecule has 0 radical (unpaired) electrons. The zero-order valence-corrected chi connectivity index (χ0v) is 10.3. The maximum Gasteiger partial charge on any atom is 0.185 e. The molecule has 1 aromatic rings. The van der Waals surface area contributed by atoms with Gasteiger partial charge in [-0.25, -0.2) is 4.98 Å². The number of rotatable bonds is 5. The Morgan fingerprint density at radius 1 is 1.67 bits per heavy atom. The SMILES string of the molecule is CCCN(c1nc(C(C)N)cs1)C1CC1. The minimum Gasteiger partial charge on any atom is -0.345 e. The quantitative estimate of drug-likeness (QED) is 0.837. The summed E-state index contributed by atoms with van der Waals surface area (Å²) < 4.78 is 0. The van der Waals surface area contributed by atoms with Gasteiger partial charge < -0.3 is 10.6 Å². The predicted molar refractivity (Wildman–Crippen MR) is 65.4 cm³/mol. The zero-order valence-electron chi connectivity index (χ0n) is 9.44.